The third-order valence-electron chi connectivity index (χ3n) is 7.92. The first kappa shape index (κ1) is 45.2. The van der Waals surface area contributed by atoms with E-state index in [2.05, 4.69) is 31.9 Å². The van der Waals surface area contributed by atoms with Crippen LogP contribution in [0.3, 0.4) is 0 Å². The summed E-state index contributed by atoms with van der Waals surface area (Å²) in [6, 6.07) is -7.30. The lowest BCUT2D eigenvalue weighted by Crippen LogP contribution is -2.60. The summed E-state index contributed by atoms with van der Waals surface area (Å²) in [5.41, 5.74) is 11.5. The van der Waals surface area contributed by atoms with Crippen molar-refractivity contribution in [2.24, 2.45) is 35.1 Å². The van der Waals surface area contributed by atoms with E-state index in [1.54, 1.807) is 41.5 Å². The van der Waals surface area contributed by atoms with E-state index in [4.69, 9.17) is 11.5 Å². The molecule has 49 heavy (non-hydrogen) atoms. The standard InChI is InChI=1S/C33H62N8O8/c1-16(2)15-23(33(48)49)39-32(47)26(19(7)8)41-28(43)21(10)37-31(46)25(18(5)6)40-27(42)20(9)36-29(44)22(13-11-12-14-34)38-30(45)24(35)17(3)4/h16-26H,11-15,34-35H2,1-10H3,(H,36,44)(H,37,46)(H,38,45)(H,39,47)(H,40,42)(H,41,43)(H,48,49)/t20-,21-,22-,23-,24-,25-,26-/m0/s1. The van der Waals surface area contributed by atoms with Gasteiger partial charge in [0, 0.05) is 0 Å². The zero-order valence-corrected chi connectivity index (χ0v) is 30.8. The Morgan fingerprint density at radius 3 is 1.35 bits per heavy atom. The highest BCUT2D eigenvalue weighted by molar-refractivity contribution is 5.96. The number of carboxylic acids is 1. The molecule has 0 saturated heterocycles. The number of nitrogens with one attached hydrogen (secondary N) is 6. The fraction of sp³-hybridized carbons (Fsp3) is 0.788. The third-order valence-corrected chi connectivity index (χ3v) is 7.92. The Morgan fingerprint density at radius 2 is 0.959 bits per heavy atom. The van der Waals surface area contributed by atoms with Crippen LogP contribution in [0.5, 0.6) is 0 Å². The largest absolute Gasteiger partial charge is 0.480 e. The van der Waals surface area contributed by atoms with Crippen molar-refractivity contribution in [3.05, 3.63) is 0 Å². The zero-order valence-electron chi connectivity index (χ0n) is 30.8. The van der Waals surface area contributed by atoms with E-state index in [0.717, 1.165) is 0 Å². The maximum Gasteiger partial charge on any atom is 0.326 e. The van der Waals surface area contributed by atoms with Crippen LogP contribution in [0.15, 0.2) is 0 Å². The summed E-state index contributed by atoms with van der Waals surface area (Å²) in [5, 5.41) is 25.0. The lowest BCUT2D eigenvalue weighted by atomic mass is 10.00. The second-order valence-electron chi connectivity index (χ2n) is 14.1. The van der Waals surface area contributed by atoms with E-state index in [9.17, 15) is 38.7 Å². The van der Waals surface area contributed by atoms with Gasteiger partial charge < -0.3 is 48.5 Å². The molecule has 0 saturated carbocycles. The van der Waals surface area contributed by atoms with Gasteiger partial charge in [0.25, 0.3) is 0 Å². The molecule has 11 N–H and O–H groups in total. The first-order valence-electron chi connectivity index (χ1n) is 17.1. The quantitative estimate of drug-likeness (QED) is 0.0654. The Kier molecular flexibility index (Phi) is 20.3. The number of hydrogen-bond donors (Lipinski definition) is 9. The van der Waals surface area contributed by atoms with E-state index in [1.807, 2.05) is 13.8 Å². The van der Waals surface area contributed by atoms with Crippen molar-refractivity contribution in [3.63, 3.8) is 0 Å². The van der Waals surface area contributed by atoms with Crippen molar-refractivity contribution >= 4 is 41.4 Å². The fourth-order valence-electron chi connectivity index (χ4n) is 4.66. The Bertz CT molecular complexity index is 1130. The molecule has 0 aliphatic rings. The summed E-state index contributed by atoms with van der Waals surface area (Å²) >= 11 is 0. The molecule has 0 bridgehead atoms. The van der Waals surface area contributed by atoms with E-state index in [0.29, 0.717) is 19.4 Å². The minimum absolute atomic E-state index is 0.00228. The van der Waals surface area contributed by atoms with Crippen molar-refractivity contribution < 1.29 is 38.7 Å². The number of rotatable bonds is 22. The predicted octanol–water partition coefficient (Wildman–Crippen LogP) is -0.510. The number of hydrogen-bond acceptors (Lipinski definition) is 9. The molecule has 0 unspecified atom stereocenters. The maximum atomic E-state index is 13.2. The Morgan fingerprint density at radius 1 is 0.531 bits per heavy atom. The first-order chi connectivity index (χ1) is 22.6. The lowest BCUT2D eigenvalue weighted by molar-refractivity contribution is -0.143. The molecule has 0 aliphatic carbocycles. The molecule has 0 heterocycles. The Balaban J connectivity index is 5.53. The van der Waals surface area contributed by atoms with E-state index >= 15 is 0 Å². The smallest absolute Gasteiger partial charge is 0.326 e. The van der Waals surface area contributed by atoms with E-state index in [-0.39, 0.29) is 24.7 Å². The van der Waals surface area contributed by atoms with Gasteiger partial charge in [0.1, 0.15) is 36.3 Å². The highest BCUT2D eigenvalue weighted by atomic mass is 16.4. The van der Waals surface area contributed by atoms with Crippen molar-refractivity contribution in [1.82, 2.24) is 31.9 Å². The summed E-state index contributed by atoms with van der Waals surface area (Å²) in [7, 11) is 0. The van der Waals surface area contributed by atoms with Crippen molar-refractivity contribution in [1.29, 1.82) is 0 Å². The molecule has 282 valence electrons. The second kappa shape index (κ2) is 22.0. The number of carbonyl (C=O) groups is 7. The molecule has 0 radical (unpaired) electrons. The zero-order chi connectivity index (χ0) is 38.2. The molecule has 16 heteroatoms. The summed E-state index contributed by atoms with van der Waals surface area (Å²) in [6.07, 6.45) is 1.66. The number of carbonyl (C=O) groups excluding carboxylic acids is 6. The van der Waals surface area contributed by atoms with Crippen LogP contribution in [0, 0.1) is 23.7 Å². The van der Waals surface area contributed by atoms with Crippen molar-refractivity contribution in [2.45, 2.75) is 137 Å². The summed E-state index contributed by atoms with van der Waals surface area (Å²) in [5.74, 6) is -5.96. The monoisotopic (exact) mass is 698 g/mol. The van der Waals surface area contributed by atoms with Crippen LogP contribution in [0.2, 0.25) is 0 Å². The van der Waals surface area contributed by atoms with Gasteiger partial charge in [-0.15, -0.1) is 0 Å². The third kappa shape index (κ3) is 16.4. The van der Waals surface area contributed by atoms with Gasteiger partial charge >= 0.3 is 5.97 Å². The molecular formula is C33H62N8O8. The van der Waals surface area contributed by atoms with Crippen molar-refractivity contribution in [3.8, 4) is 0 Å². The van der Waals surface area contributed by atoms with Crippen LogP contribution in [-0.2, 0) is 33.6 Å². The normalized spacial score (nSPS) is 15.8. The molecule has 0 aromatic carbocycles. The first-order valence-corrected chi connectivity index (χ1v) is 17.1. The lowest BCUT2D eigenvalue weighted by Gasteiger charge is -2.28. The highest BCUT2D eigenvalue weighted by Gasteiger charge is 2.33. The van der Waals surface area contributed by atoms with Crippen LogP contribution in [0.25, 0.3) is 0 Å². The highest BCUT2D eigenvalue weighted by Crippen LogP contribution is 2.10. The van der Waals surface area contributed by atoms with E-state index < -0.39 is 95.5 Å². The summed E-state index contributed by atoms with van der Waals surface area (Å²) in [6.45, 7) is 17.2. The topological polar surface area (TPSA) is 264 Å². The van der Waals surface area contributed by atoms with Gasteiger partial charge in [-0.3, -0.25) is 28.8 Å². The van der Waals surface area contributed by atoms with Crippen molar-refractivity contribution in [2.75, 3.05) is 6.54 Å². The molecule has 0 fully saturated rings. The predicted molar refractivity (Wildman–Crippen MR) is 185 cm³/mol. The minimum atomic E-state index is -1.19. The van der Waals surface area contributed by atoms with Gasteiger partial charge in [-0.05, 0) is 69.7 Å². The summed E-state index contributed by atoms with van der Waals surface area (Å²) in [4.78, 5) is 89.7. The number of unbranched alkanes of at least 4 members (excludes halogenated alkanes) is 1. The number of nitrogens with two attached hydrogens (primary N) is 2. The van der Waals surface area contributed by atoms with Gasteiger partial charge in [0.15, 0.2) is 0 Å². The van der Waals surface area contributed by atoms with Crippen LogP contribution >= 0.6 is 0 Å². The molecule has 0 aliphatic heterocycles. The van der Waals surface area contributed by atoms with Crippen LogP contribution in [-0.4, -0.2) is 95.4 Å². The van der Waals surface area contributed by atoms with Gasteiger partial charge in [-0.1, -0.05) is 55.4 Å². The second-order valence-corrected chi connectivity index (χ2v) is 14.1. The van der Waals surface area contributed by atoms with E-state index in [1.165, 1.54) is 13.8 Å². The number of carboxylic acid groups (broad SMARTS) is 1. The Labute approximate surface area is 290 Å². The average Bonchev–Trinajstić information content (AvgIpc) is 2.99. The number of amides is 6. The number of aliphatic carboxylic acids is 1. The Hall–Kier alpha value is -3.79. The summed E-state index contributed by atoms with van der Waals surface area (Å²) < 4.78 is 0. The average molecular weight is 699 g/mol. The van der Waals surface area contributed by atoms with Gasteiger partial charge in [0.2, 0.25) is 35.4 Å². The van der Waals surface area contributed by atoms with Gasteiger partial charge in [-0.2, -0.15) is 0 Å². The molecular weight excluding hydrogens is 636 g/mol. The molecule has 7 atom stereocenters. The van der Waals surface area contributed by atoms with Gasteiger partial charge in [0.05, 0.1) is 6.04 Å². The molecule has 0 spiro atoms. The SMILES string of the molecule is CC(C)C[C@H](NC(=O)[C@@H](NC(=O)[C@H](C)NC(=O)[C@@H](NC(=O)[C@H](C)NC(=O)[C@H](CCCCN)NC(=O)[C@@H](N)C(C)C)C(C)C)C(C)C)C(=O)O. The maximum absolute atomic E-state index is 13.2. The van der Waals surface area contributed by atoms with Crippen LogP contribution in [0.1, 0.15) is 94.9 Å². The molecule has 6 amide bonds. The molecule has 0 aromatic heterocycles. The molecule has 0 aromatic rings. The minimum Gasteiger partial charge on any atom is -0.480 e. The fourth-order valence-corrected chi connectivity index (χ4v) is 4.66. The van der Waals surface area contributed by atoms with Crippen LogP contribution < -0.4 is 43.4 Å². The molecule has 16 nitrogen and oxygen atoms in total. The van der Waals surface area contributed by atoms with Crippen LogP contribution in [0.4, 0.5) is 0 Å². The van der Waals surface area contributed by atoms with Gasteiger partial charge in [-0.25, -0.2) is 4.79 Å². The molecule has 0 rings (SSSR count).